The lowest BCUT2D eigenvalue weighted by Crippen LogP contribution is -2.32. The van der Waals surface area contributed by atoms with Gasteiger partial charge in [0.15, 0.2) is 0 Å². The largest absolute Gasteiger partial charge is 0.444 e. The standard InChI is InChI=1S/C14H20N2O3/c1-10-8-11(9-16-12(10)17)6-5-7-15-13(18)19-14(2,3)4/h5-6,8-9H,7H2,1-4H3,(H,15,18)(H,16,17). The van der Waals surface area contributed by atoms with E-state index in [2.05, 4.69) is 10.3 Å². The highest BCUT2D eigenvalue weighted by molar-refractivity contribution is 5.68. The molecule has 0 saturated heterocycles. The number of hydrogen-bond acceptors (Lipinski definition) is 3. The molecule has 0 radical (unpaired) electrons. The molecule has 1 amide bonds. The third kappa shape index (κ3) is 5.90. The lowest BCUT2D eigenvalue weighted by molar-refractivity contribution is 0.0534. The first kappa shape index (κ1) is 15.0. The van der Waals surface area contributed by atoms with Crippen molar-refractivity contribution >= 4 is 12.2 Å². The molecular weight excluding hydrogens is 244 g/mol. The van der Waals surface area contributed by atoms with Gasteiger partial charge in [0.2, 0.25) is 0 Å². The molecule has 0 aliphatic carbocycles. The van der Waals surface area contributed by atoms with Gasteiger partial charge < -0.3 is 15.0 Å². The van der Waals surface area contributed by atoms with E-state index in [4.69, 9.17) is 4.74 Å². The zero-order valence-electron chi connectivity index (χ0n) is 11.7. The molecule has 0 atom stereocenters. The van der Waals surface area contributed by atoms with Crippen molar-refractivity contribution in [2.24, 2.45) is 0 Å². The highest BCUT2D eigenvalue weighted by Crippen LogP contribution is 2.06. The van der Waals surface area contributed by atoms with E-state index in [1.54, 1.807) is 25.3 Å². The third-order valence-corrected chi connectivity index (χ3v) is 2.18. The van der Waals surface area contributed by atoms with Crippen molar-refractivity contribution in [3.63, 3.8) is 0 Å². The predicted octanol–water partition coefficient (Wildman–Crippen LogP) is 2.22. The summed E-state index contributed by atoms with van der Waals surface area (Å²) in [6.45, 7) is 7.55. The monoisotopic (exact) mass is 264 g/mol. The third-order valence-electron chi connectivity index (χ3n) is 2.18. The molecule has 19 heavy (non-hydrogen) atoms. The van der Waals surface area contributed by atoms with Gasteiger partial charge in [-0.1, -0.05) is 12.2 Å². The highest BCUT2D eigenvalue weighted by Gasteiger charge is 2.14. The van der Waals surface area contributed by atoms with Crippen LogP contribution in [0.4, 0.5) is 4.79 Å². The second-order valence-electron chi connectivity index (χ2n) is 5.23. The van der Waals surface area contributed by atoms with Crippen molar-refractivity contribution in [2.75, 3.05) is 6.54 Å². The van der Waals surface area contributed by atoms with Crippen LogP contribution in [-0.2, 0) is 4.74 Å². The number of aromatic amines is 1. The van der Waals surface area contributed by atoms with Crippen LogP contribution in [0.15, 0.2) is 23.1 Å². The van der Waals surface area contributed by atoms with Crippen molar-refractivity contribution in [1.82, 2.24) is 10.3 Å². The first-order valence-electron chi connectivity index (χ1n) is 6.11. The van der Waals surface area contributed by atoms with Crippen LogP contribution >= 0.6 is 0 Å². The van der Waals surface area contributed by atoms with E-state index in [1.165, 1.54) is 0 Å². The summed E-state index contributed by atoms with van der Waals surface area (Å²) in [7, 11) is 0. The maximum atomic E-state index is 11.4. The molecule has 0 bridgehead atoms. The topological polar surface area (TPSA) is 71.2 Å². The number of carbonyl (C=O) groups excluding carboxylic acids is 1. The van der Waals surface area contributed by atoms with E-state index in [0.717, 1.165) is 5.56 Å². The van der Waals surface area contributed by atoms with Gasteiger partial charge in [-0.2, -0.15) is 0 Å². The average molecular weight is 264 g/mol. The zero-order valence-corrected chi connectivity index (χ0v) is 11.7. The summed E-state index contributed by atoms with van der Waals surface area (Å²) in [6, 6.07) is 1.78. The molecule has 0 aliphatic rings. The Kier molecular flexibility index (Phi) is 4.92. The van der Waals surface area contributed by atoms with Crippen LogP contribution in [0.2, 0.25) is 0 Å². The van der Waals surface area contributed by atoms with Gasteiger partial charge in [0.25, 0.3) is 5.56 Å². The molecule has 104 valence electrons. The Labute approximate surface area is 112 Å². The van der Waals surface area contributed by atoms with E-state index in [1.807, 2.05) is 26.8 Å². The molecule has 1 aromatic heterocycles. The average Bonchev–Trinajstić information content (AvgIpc) is 2.27. The summed E-state index contributed by atoms with van der Waals surface area (Å²) in [5.41, 5.74) is 0.943. The highest BCUT2D eigenvalue weighted by atomic mass is 16.6. The molecule has 0 unspecified atom stereocenters. The van der Waals surface area contributed by atoms with E-state index < -0.39 is 11.7 Å². The molecule has 0 aromatic carbocycles. The van der Waals surface area contributed by atoms with Gasteiger partial charge in [-0.25, -0.2) is 4.79 Å². The molecule has 0 aliphatic heterocycles. The predicted molar refractivity (Wildman–Crippen MR) is 75.1 cm³/mol. The Hall–Kier alpha value is -2.04. The normalized spacial score (nSPS) is 11.6. The van der Waals surface area contributed by atoms with Crippen LogP contribution in [0.5, 0.6) is 0 Å². The van der Waals surface area contributed by atoms with Crippen LogP contribution in [0, 0.1) is 6.92 Å². The molecule has 1 aromatic rings. The van der Waals surface area contributed by atoms with E-state index >= 15 is 0 Å². The molecule has 5 heteroatoms. The molecule has 0 saturated carbocycles. The fourth-order valence-corrected chi connectivity index (χ4v) is 1.37. The fourth-order valence-electron chi connectivity index (χ4n) is 1.37. The quantitative estimate of drug-likeness (QED) is 0.879. The maximum absolute atomic E-state index is 11.4. The SMILES string of the molecule is Cc1cc(C=CCNC(=O)OC(C)(C)C)c[nH]c1=O. The second kappa shape index (κ2) is 6.22. The minimum atomic E-state index is -0.496. The van der Waals surface area contributed by atoms with Crippen LogP contribution in [0.3, 0.4) is 0 Å². The summed E-state index contributed by atoms with van der Waals surface area (Å²) >= 11 is 0. The minimum Gasteiger partial charge on any atom is -0.444 e. The first-order valence-corrected chi connectivity index (χ1v) is 6.11. The number of aromatic nitrogens is 1. The smallest absolute Gasteiger partial charge is 0.407 e. The number of rotatable bonds is 3. The first-order chi connectivity index (χ1) is 8.78. The maximum Gasteiger partial charge on any atom is 0.407 e. The van der Waals surface area contributed by atoms with Crippen LogP contribution in [0.25, 0.3) is 6.08 Å². The number of carbonyl (C=O) groups is 1. The van der Waals surface area contributed by atoms with Gasteiger partial charge in [0.1, 0.15) is 5.60 Å². The minimum absolute atomic E-state index is 0.0935. The Bertz CT molecular complexity index is 524. The number of H-pyrrole nitrogens is 1. The Morgan fingerprint density at radius 3 is 2.74 bits per heavy atom. The molecule has 0 fully saturated rings. The number of nitrogens with one attached hydrogen (secondary N) is 2. The van der Waals surface area contributed by atoms with Crippen LogP contribution < -0.4 is 10.9 Å². The molecule has 2 N–H and O–H groups in total. The van der Waals surface area contributed by atoms with Crippen molar-refractivity contribution in [1.29, 1.82) is 0 Å². The van der Waals surface area contributed by atoms with E-state index in [9.17, 15) is 9.59 Å². The van der Waals surface area contributed by atoms with E-state index in [-0.39, 0.29) is 5.56 Å². The fraction of sp³-hybridized carbons (Fsp3) is 0.429. The molecule has 5 nitrogen and oxygen atoms in total. The Morgan fingerprint density at radius 2 is 2.16 bits per heavy atom. The van der Waals surface area contributed by atoms with Gasteiger partial charge in [0.05, 0.1) is 0 Å². The summed E-state index contributed by atoms with van der Waals surface area (Å²) in [6.07, 6.45) is 4.78. The Morgan fingerprint density at radius 1 is 1.47 bits per heavy atom. The summed E-state index contributed by atoms with van der Waals surface area (Å²) in [4.78, 5) is 25.2. The van der Waals surface area contributed by atoms with Gasteiger partial charge in [-0.3, -0.25) is 4.79 Å². The zero-order chi connectivity index (χ0) is 14.5. The van der Waals surface area contributed by atoms with Crippen molar-refractivity contribution in [2.45, 2.75) is 33.3 Å². The number of aryl methyl sites for hydroxylation is 1. The van der Waals surface area contributed by atoms with Crippen molar-refractivity contribution in [3.8, 4) is 0 Å². The second-order valence-corrected chi connectivity index (χ2v) is 5.23. The van der Waals surface area contributed by atoms with Crippen molar-refractivity contribution in [3.05, 3.63) is 39.8 Å². The van der Waals surface area contributed by atoms with Gasteiger partial charge in [-0.05, 0) is 39.3 Å². The number of ether oxygens (including phenoxy) is 1. The molecule has 0 spiro atoms. The number of hydrogen-bond donors (Lipinski definition) is 2. The van der Waals surface area contributed by atoms with Crippen LogP contribution in [-0.4, -0.2) is 23.2 Å². The van der Waals surface area contributed by atoms with E-state index in [0.29, 0.717) is 12.1 Å². The molecule has 1 rings (SSSR count). The molecular formula is C14H20N2O3. The van der Waals surface area contributed by atoms with Gasteiger partial charge >= 0.3 is 6.09 Å². The number of pyridine rings is 1. The van der Waals surface area contributed by atoms with Gasteiger partial charge in [0, 0.05) is 18.3 Å². The number of amides is 1. The summed E-state index contributed by atoms with van der Waals surface area (Å²) in [5.74, 6) is 0. The lowest BCUT2D eigenvalue weighted by Gasteiger charge is -2.19. The molecule has 1 heterocycles. The van der Waals surface area contributed by atoms with Gasteiger partial charge in [-0.15, -0.1) is 0 Å². The Balaban J connectivity index is 2.44. The van der Waals surface area contributed by atoms with Crippen LogP contribution in [0.1, 0.15) is 31.9 Å². The van der Waals surface area contributed by atoms with Crippen molar-refractivity contribution < 1.29 is 9.53 Å². The summed E-state index contributed by atoms with van der Waals surface area (Å²) < 4.78 is 5.09. The summed E-state index contributed by atoms with van der Waals surface area (Å²) in [5, 5.41) is 2.62. The lowest BCUT2D eigenvalue weighted by atomic mass is 10.2. The number of alkyl carbamates (subject to hydrolysis) is 1.